The molecule has 1 rings (SSSR count). The minimum Gasteiger partial charge on any atom is -0.480 e. The Kier molecular flexibility index (Phi) is 3.82. The zero-order valence-electron chi connectivity index (χ0n) is 8.42. The molecular weight excluding hydrogens is 212 g/mol. The Labute approximate surface area is 91.8 Å². The molecule has 1 aliphatic carbocycles. The third-order valence-electron chi connectivity index (χ3n) is 2.07. The second-order valence-electron chi connectivity index (χ2n) is 3.37. The predicted molar refractivity (Wildman–Crippen MR) is 55.1 cm³/mol. The van der Waals surface area contributed by atoms with Gasteiger partial charge >= 0.3 is 5.97 Å². The van der Waals surface area contributed by atoms with Gasteiger partial charge < -0.3 is 16.2 Å². The van der Waals surface area contributed by atoms with Crippen LogP contribution in [-0.2, 0) is 14.4 Å². The van der Waals surface area contributed by atoms with E-state index in [0.29, 0.717) is 0 Å². The van der Waals surface area contributed by atoms with Gasteiger partial charge in [-0.3, -0.25) is 9.59 Å². The van der Waals surface area contributed by atoms with Crippen molar-refractivity contribution in [1.29, 1.82) is 0 Å². The Hall–Kier alpha value is -2.11. The molecule has 0 aromatic rings. The number of nitrogens with one attached hydrogen (secondary N) is 1. The highest BCUT2D eigenvalue weighted by atomic mass is 16.4. The summed E-state index contributed by atoms with van der Waals surface area (Å²) in [4.78, 5) is 32.8. The predicted octanol–water partition coefficient (Wildman–Crippen LogP) is -0.827. The van der Waals surface area contributed by atoms with Crippen LogP contribution < -0.4 is 11.1 Å². The molecular formula is C10H12N2O4. The molecule has 0 fully saturated rings. The molecule has 0 saturated heterocycles. The van der Waals surface area contributed by atoms with Crippen molar-refractivity contribution in [3.63, 3.8) is 0 Å². The fourth-order valence-electron chi connectivity index (χ4n) is 1.28. The Morgan fingerprint density at radius 3 is 2.31 bits per heavy atom. The second-order valence-corrected chi connectivity index (χ2v) is 3.37. The molecule has 0 unspecified atom stereocenters. The van der Waals surface area contributed by atoms with Gasteiger partial charge in [-0.15, -0.1) is 0 Å². The maximum Gasteiger partial charge on any atom is 0.326 e. The fraction of sp³-hybridized carbons (Fsp3) is 0.300. The van der Waals surface area contributed by atoms with E-state index in [4.69, 9.17) is 10.8 Å². The zero-order valence-corrected chi connectivity index (χ0v) is 8.42. The molecule has 4 N–H and O–H groups in total. The van der Waals surface area contributed by atoms with Gasteiger partial charge in [0.15, 0.2) is 0 Å². The van der Waals surface area contributed by atoms with Crippen molar-refractivity contribution in [2.24, 2.45) is 11.7 Å². The minimum absolute atomic E-state index is 0.415. The molecule has 0 aliphatic heterocycles. The standard InChI is InChI=1S/C10H12N2O4/c11-8(13)5-7(10(15)16)12-9(14)6-3-1-2-4-6/h1-4,6-7H,5H2,(H2,11,13)(H,12,14)(H,15,16)/t7-/m1/s1. The lowest BCUT2D eigenvalue weighted by atomic mass is 10.1. The van der Waals surface area contributed by atoms with Crippen LogP contribution >= 0.6 is 0 Å². The Bertz CT molecular complexity index is 361. The monoisotopic (exact) mass is 224 g/mol. The van der Waals surface area contributed by atoms with Gasteiger partial charge in [-0.1, -0.05) is 24.3 Å². The molecule has 1 aliphatic rings. The highest BCUT2D eigenvalue weighted by molar-refractivity contribution is 5.90. The third kappa shape index (κ3) is 3.23. The van der Waals surface area contributed by atoms with Gasteiger partial charge in [-0.2, -0.15) is 0 Å². The van der Waals surface area contributed by atoms with Crippen LogP contribution in [0.5, 0.6) is 0 Å². The molecule has 1 atom stereocenters. The highest BCUT2D eigenvalue weighted by Gasteiger charge is 2.24. The minimum atomic E-state index is -1.28. The summed E-state index contributed by atoms with van der Waals surface area (Å²) in [6, 6.07) is -1.27. The first-order valence-corrected chi connectivity index (χ1v) is 4.67. The van der Waals surface area contributed by atoms with Gasteiger partial charge in [0.25, 0.3) is 0 Å². The largest absolute Gasteiger partial charge is 0.480 e. The molecule has 0 bridgehead atoms. The molecule has 0 saturated carbocycles. The summed E-state index contributed by atoms with van der Waals surface area (Å²) >= 11 is 0. The average molecular weight is 224 g/mol. The molecule has 16 heavy (non-hydrogen) atoms. The summed E-state index contributed by atoms with van der Waals surface area (Å²) in [6.45, 7) is 0. The fourth-order valence-corrected chi connectivity index (χ4v) is 1.28. The maximum absolute atomic E-state index is 11.5. The Balaban J connectivity index is 2.57. The quantitative estimate of drug-likeness (QED) is 0.566. The number of nitrogens with two attached hydrogens (primary N) is 1. The first-order chi connectivity index (χ1) is 7.50. The lowest BCUT2D eigenvalue weighted by Crippen LogP contribution is -2.45. The summed E-state index contributed by atoms with van der Waals surface area (Å²) in [5.74, 6) is -2.99. The van der Waals surface area contributed by atoms with Crippen molar-refractivity contribution in [2.75, 3.05) is 0 Å². The number of carbonyl (C=O) groups is 3. The van der Waals surface area contributed by atoms with E-state index in [9.17, 15) is 14.4 Å². The molecule has 86 valence electrons. The van der Waals surface area contributed by atoms with Crippen molar-refractivity contribution in [2.45, 2.75) is 12.5 Å². The molecule has 0 spiro atoms. The number of carboxylic acids is 1. The SMILES string of the molecule is NC(=O)C[C@@H](NC(=O)C1C=CC=C1)C(=O)O. The summed E-state index contributed by atoms with van der Waals surface area (Å²) < 4.78 is 0. The smallest absolute Gasteiger partial charge is 0.326 e. The number of rotatable bonds is 5. The average Bonchev–Trinajstić information content (AvgIpc) is 2.68. The first kappa shape index (κ1) is 12.0. The topological polar surface area (TPSA) is 109 Å². The summed E-state index contributed by atoms with van der Waals surface area (Å²) in [7, 11) is 0. The number of aliphatic carboxylic acids is 1. The molecule has 6 heteroatoms. The molecule has 0 radical (unpaired) electrons. The molecule has 0 aromatic heterocycles. The van der Waals surface area contributed by atoms with Crippen LogP contribution in [0.15, 0.2) is 24.3 Å². The van der Waals surface area contributed by atoms with Crippen LogP contribution in [0, 0.1) is 5.92 Å². The van der Waals surface area contributed by atoms with Crippen LogP contribution in [-0.4, -0.2) is 28.9 Å². The van der Waals surface area contributed by atoms with Crippen LogP contribution in [0.4, 0.5) is 0 Å². The van der Waals surface area contributed by atoms with E-state index in [1.807, 2.05) is 0 Å². The normalized spacial score (nSPS) is 16.0. The van der Waals surface area contributed by atoms with Crippen molar-refractivity contribution >= 4 is 17.8 Å². The Morgan fingerprint density at radius 2 is 1.88 bits per heavy atom. The molecule has 6 nitrogen and oxygen atoms in total. The molecule has 0 heterocycles. The van der Waals surface area contributed by atoms with Gasteiger partial charge in [-0.25, -0.2) is 4.79 Å². The van der Waals surface area contributed by atoms with E-state index in [2.05, 4.69) is 5.32 Å². The van der Waals surface area contributed by atoms with E-state index in [-0.39, 0.29) is 0 Å². The van der Waals surface area contributed by atoms with Crippen molar-refractivity contribution < 1.29 is 19.5 Å². The summed E-state index contributed by atoms with van der Waals surface area (Å²) in [5.41, 5.74) is 4.88. The summed E-state index contributed by atoms with van der Waals surface area (Å²) in [5, 5.41) is 11.0. The first-order valence-electron chi connectivity index (χ1n) is 4.67. The van der Waals surface area contributed by atoms with E-state index in [1.54, 1.807) is 24.3 Å². The number of hydrogen-bond donors (Lipinski definition) is 3. The van der Waals surface area contributed by atoms with Crippen molar-refractivity contribution in [1.82, 2.24) is 5.32 Å². The van der Waals surface area contributed by atoms with Crippen LogP contribution in [0.3, 0.4) is 0 Å². The van der Waals surface area contributed by atoms with Gasteiger partial charge in [-0.05, 0) is 0 Å². The highest BCUT2D eigenvalue weighted by Crippen LogP contribution is 2.09. The van der Waals surface area contributed by atoms with Crippen LogP contribution in [0.1, 0.15) is 6.42 Å². The van der Waals surface area contributed by atoms with Crippen molar-refractivity contribution in [3.05, 3.63) is 24.3 Å². The summed E-state index contributed by atoms with van der Waals surface area (Å²) in [6.07, 6.45) is 6.21. The van der Waals surface area contributed by atoms with E-state index in [1.165, 1.54) is 0 Å². The maximum atomic E-state index is 11.5. The second kappa shape index (κ2) is 5.11. The molecule has 0 aromatic carbocycles. The van der Waals surface area contributed by atoms with Crippen LogP contribution in [0.25, 0.3) is 0 Å². The number of amides is 2. The van der Waals surface area contributed by atoms with Gasteiger partial charge in [0.2, 0.25) is 11.8 Å². The van der Waals surface area contributed by atoms with Crippen molar-refractivity contribution in [3.8, 4) is 0 Å². The Morgan fingerprint density at radius 1 is 1.31 bits per heavy atom. The third-order valence-corrected chi connectivity index (χ3v) is 2.07. The lowest BCUT2D eigenvalue weighted by Gasteiger charge is -2.14. The van der Waals surface area contributed by atoms with Gasteiger partial charge in [0.05, 0.1) is 12.3 Å². The zero-order chi connectivity index (χ0) is 12.1. The van der Waals surface area contributed by atoms with E-state index in [0.717, 1.165) is 0 Å². The van der Waals surface area contributed by atoms with E-state index >= 15 is 0 Å². The van der Waals surface area contributed by atoms with Crippen LogP contribution in [0.2, 0.25) is 0 Å². The van der Waals surface area contributed by atoms with Gasteiger partial charge in [0.1, 0.15) is 6.04 Å². The lowest BCUT2D eigenvalue weighted by molar-refractivity contribution is -0.143. The molecule has 2 amide bonds. The number of carboxylic acid groups (broad SMARTS) is 1. The number of hydrogen-bond acceptors (Lipinski definition) is 3. The van der Waals surface area contributed by atoms with E-state index < -0.39 is 36.2 Å². The number of carbonyl (C=O) groups excluding carboxylic acids is 2. The number of allylic oxidation sites excluding steroid dienone is 2. The van der Waals surface area contributed by atoms with Gasteiger partial charge in [0, 0.05) is 0 Å². The number of primary amides is 1.